The number of rotatable bonds is 13. The molecule has 240 valence electrons. The lowest BCUT2D eigenvalue weighted by Crippen LogP contribution is -2.57. The molecule has 0 unspecified atom stereocenters. The van der Waals surface area contributed by atoms with E-state index >= 15 is 0 Å². The fraction of sp³-hybridized carbons (Fsp3) is 0.448. The molecule has 1 saturated heterocycles. The maximum atomic E-state index is 13.7. The molecule has 3 aromatic rings. The van der Waals surface area contributed by atoms with Crippen LogP contribution in [-0.2, 0) is 32.1 Å². The van der Waals surface area contributed by atoms with Gasteiger partial charge >= 0.3 is 6.18 Å². The zero-order chi connectivity index (χ0) is 32.0. The third-order valence-electron chi connectivity index (χ3n) is 7.68. The Morgan fingerprint density at radius 2 is 1.64 bits per heavy atom. The minimum Gasteiger partial charge on any atom is -0.497 e. The van der Waals surface area contributed by atoms with Crippen molar-refractivity contribution in [2.24, 2.45) is 0 Å². The first-order chi connectivity index (χ1) is 20.9. The molecule has 0 spiro atoms. The van der Waals surface area contributed by atoms with Gasteiger partial charge in [-0.3, -0.25) is 14.7 Å². The van der Waals surface area contributed by atoms with Gasteiger partial charge < -0.3 is 19.1 Å². The summed E-state index contributed by atoms with van der Waals surface area (Å²) in [6, 6.07) is 13.2. The Morgan fingerprint density at radius 3 is 2.20 bits per heavy atom. The van der Waals surface area contributed by atoms with Crippen molar-refractivity contribution in [3.63, 3.8) is 0 Å². The number of hydrogen-bond donors (Lipinski definition) is 2. The first-order valence-electron chi connectivity index (χ1n) is 13.9. The van der Waals surface area contributed by atoms with Crippen LogP contribution >= 0.6 is 0 Å². The highest BCUT2D eigenvalue weighted by atomic mass is 32.2. The molecule has 4 rings (SSSR count). The van der Waals surface area contributed by atoms with E-state index in [0.29, 0.717) is 55.4 Å². The Labute approximate surface area is 253 Å². The van der Waals surface area contributed by atoms with Gasteiger partial charge in [-0.15, -0.1) is 0 Å². The Hall–Kier alpha value is -3.66. The molecule has 1 aliphatic heterocycles. The van der Waals surface area contributed by atoms with Gasteiger partial charge in [0.05, 0.1) is 30.9 Å². The van der Waals surface area contributed by atoms with Crippen LogP contribution in [0.4, 0.5) is 13.2 Å². The van der Waals surface area contributed by atoms with Gasteiger partial charge in [-0.2, -0.15) is 18.3 Å². The molecule has 0 atom stereocenters. The number of aromatic nitrogens is 2. The molecule has 1 fully saturated rings. The molecule has 1 aliphatic rings. The Morgan fingerprint density at radius 1 is 1.00 bits per heavy atom. The van der Waals surface area contributed by atoms with E-state index < -0.39 is 32.4 Å². The largest absolute Gasteiger partial charge is 0.497 e. The molecule has 2 aromatic carbocycles. The zero-order valence-electron chi connectivity index (χ0n) is 24.3. The number of halogens is 3. The second kappa shape index (κ2) is 14.0. The average molecular weight is 641 g/mol. The molecule has 2 N–H and O–H groups in total. The predicted octanol–water partition coefficient (Wildman–Crippen LogP) is 3.81. The molecule has 1 aromatic heterocycles. The maximum Gasteiger partial charge on any atom is 0.435 e. The summed E-state index contributed by atoms with van der Waals surface area (Å²) in [5.41, 5.74) is 1.36. The molecule has 0 saturated carbocycles. The average Bonchev–Trinajstić information content (AvgIpc) is 3.47. The van der Waals surface area contributed by atoms with Crippen molar-refractivity contribution in [2.75, 3.05) is 47.1 Å². The first kappa shape index (κ1) is 33.2. The molecule has 0 bridgehead atoms. The van der Waals surface area contributed by atoms with E-state index in [9.17, 15) is 31.6 Å². The minimum atomic E-state index is -4.61. The molecule has 15 heteroatoms. The number of nitrogens with zero attached hydrogens (tertiary/aromatic N) is 3. The second-order valence-corrected chi connectivity index (χ2v) is 12.6. The highest BCUT2D eigenvalue weighted by molar-refractivity contribution is 7.93. The van der Waals surface area contributed by atoms with E-state index in [4.69, 9.17) is 14.2 Å². The number of carbonyl (C=O) groups excluding carboxylic acids is 1. The van der Waals surface area contributed by atoms with Crippen LogP contribution in [0.1, 0.15) is 25.0 Å². The third kappa shape index (κ3) is 7.17. The number of alkyl halides is 3. The molecule has 1 amide bonds. The number of benzene rings is 2. The third-order valence-corrected chi connectivity index (χ3v) is 10.2. The van der Waals surface area contributed by atoms with Crippen LogP contribution < -0.4 is 15.0 Å². The summed E-state index contributed by atoms with van der Waals surface area (Å²) in [6.45, 7) is 1.96. The number of nitrogens with one attached hydrogen (secondary N) is 1. The van der Waals surface area contributed by atoms with Crippen molar-refractivity contribution in [1.29, 1.82) is 0 Å². The highest BCUT2D eigenvalue weighted by Gasteiger charge is 2.52. The Balaban J connectivity index is 1.41. The minimum absolute atomic E-state index is 0.00825. The predicted molar refractivity (Wildman–Crippen MR) is 153 cm³/mol. The number of hydrogen-bond acceptors (Lipinski definition) is 9. The fourth-order valence-corrected chi connectivity index (χ4v) is 7.10. The van der Waals surface area contributed by atoms with E-state index in [1.54, 1.807) is 31.4 Å². The molecule has 44 heavy (non-hydrogen) atoms. The maximum absolute atomic E-state index is 13.7. The highest BCUT2D eigenvalue weighted by Crippen LogP contribution is 2.37. The topological polar surface area (TPSA) is 132 Å². The summed E-state index contributed by atoms with van der Waals surface area (Å²) in [5.74, 6) is -0.0745. The number of methoxy groups -OCH3 is 2. The van der Waals surface area contributed by atoms with E-state index in [-0.39, 0.29) is 30.9 Å². The number of hydroxylamine groups is 1. The number of carbonyl (C=O) groups is 1. The van der Waals surface area contributed by atoms with E-state index in [0.717, 1.165) is 6.07 Å². The fourth-order valence-electron chi connectivity index (χ4n) is 5.14. The number of amides is 1. The van der Waals surface area contributed by atoms with Gasteiger partial charge in [-0.05, 0) is 67.4 Å². The smallest absolute Gasteiger partial charge is 0.435 e. The van der Waals surface area contributed by atoms with E-state index in [1.165, 1.54) is 41.5 Å². The Bertz CT molecular complexity index is 1500. The summed E-state index contributed by atoms with van der Waals surface area (Å²) in [4.78, 5) is 14.6. The lowest BCUT2D eigenvalue weighted by Gasteiger charge is -2.39. The van der Waals surface area contributed by atoms with Gasteiger partial charge in [0.15, 0.2) is 20.3 Å². The van der Waals surface area contributed by atoms with Crippen LogP contribution in [0.5, 0.6) is 11.5 Å². The van der Waals surface area contributed by atoms with Crippen LogP contribution in [-0.4, -0.2) is 86.0 Å². The van der Waals surface area contributed by atoms with Crippen molar-refractivity contribution in [1.82, 2.24) is 20.2 Å². The number of ether oxygens (including phenoxy) is 3. The SMILES string of the molecule is COCCN1CCC(C(=O)NO)(S(=O)(=O)c2ccc(OCCCn3nc(C(F)(F)F)cc3-c3ccc(OC)cc3)cc2)CC1. The molecular weight excluding hydrogens is 605 g/mol. The standard InChI is InChI=1S/C29H35F3N4O7S/c1-41-19-17-35-15-12-28(13-16-35,27(37)34-38)44(39,40)24-10-8-23(9-11-24)43-18-3-14-36-25(20-26(33-36)29(30,31)32)21-4-6-22(42-2)7-5-21/h4-11,20,38H,3,12-19H2,1-2H3,(H,34,37). The summed E-state index contributed by atoms with van der Waals surface area (Å²) in [6.07, 6.45) is -4.32. The van der Waals surface area contributed by atoms with Crippen LogP contribution in [0.15, 0.2) is 59.5 Å². The lowest BCUT2D eigenvalue weighted by atomic mass is 9.95. The van der Waals surface area contributed by atoms with Crippen molar-refractivity contribution >= 4 is 15.7 Å². The molecule has 0 radical (unpaired) electrons. The van der Waals surface area contributed by atoms with E-state index in [2.05, 4.69) is 5.10 Å². The number of piperidine rings is 1. The zero-order valence-corrected chi connectivity index (χ0v) is 25.2. The summed E-state index contributed by atoms with van der Waals surface area (Å²) in [5, 5.41) is 13.1. The normalized spacial score (nSPS) is 15.6. The Kier molecular flexibility index (Phi) is 10.6. The van der Waals surface area contributed by atoms with E-state index in [1.807, 2.05) is 4.90 Å². The molecule has 2 heterocycles. The molecule has 11 nitrogen and oxygen atoms in total. The summed E-state index contributed by atoms with van der Waals surface area (Å²) >= 11 is 0. The van der Waals surface area contributed by atoms with Crippen molar-refractivity contribution in [3.05, 3.63) is 60.3 Å². The van der Waals surface area contributed by atoms with Gasteiger partial charge in [0, 0.05) is 45.3 Å². The molecular formula is C29H35F3N4O7S. The first-order valence-corrected chi connectivity index (χ1v) is 15.4. The molecule has 0 aliphatic carbocycles. The van der Waals surface area contributed by atoms with Crippen molar-refractivity contribution in [2.45, 2.75) is 41.6 Å². The number of likely N-dealkylation sites (tertiary alicyclic amines) is 1. The van der Waals surface area contributed by atoms with Gasteiger partial charge in [0.2, 0.25) is 0 Å². The van der Waals surface area contributed by atoms with Gasteiger partial charge in [-0.1, -0.05) is 0 Å². The summed E-state index contributed by atoms with van der Waals surface area (Å²) < 4.78 is 82.9. The van der Waals surface area contributed by atoms with Gasteiger partial charge in [-0.25, -0.2) is 13.9 Å². The van der Waals surface area contributed by atoms with Gasteiger partial charge in [0.1, 0.15) is 11.5 Å². The number of aryl methyl sites for hydroxylation is 1. The van der Waals surface area contributed by atoms with Crippen LogP contribution in [0.2, 0.25) is 0 Å². The lowest BCUT2D eigenvalue weighted by molar-refractivity contribution is -0.141. The van der Waals surface area contributed by atoms with Crippen LogP contribution in [0.25, 0.3) is 11.3 Å². The quantitative estimate of drug-likeness (QED) is 0.163. The van der Waals surface area contributed by atoms with Crippen LogP contribution in [0, 0.1) is 0 Å². The summed E-state index contributed by atoms with van der Waals surface area (Å²) in [7, 11) is -1.14. The van der Waals surface area contributed by atoms with Gasteiger partial charge in [0.25, 0.3) is 5.91 Å². The number of sulfone groups is 1. The van der Waals surface area contributed by atoms with Crippen molar-refractivity contribution in [3.8, 4) is 22.8 Å². The van der Waals surface area contributed by atoms with Crippen LogP contribution in [0.3, 0.4) is 0 Å². The second-order valence-electron chi connectivity index (χ2n) is 10.3. The monoisotopic (exact) mass is 640 g/mol. The van der Waals surface area contributed by atoms with Crippen molar-refractivity contribution < 1.29 is 45.8 Å².